The summed E-state index contributed by atoms with van der Waals surface area (Å²) < 4.78 is 6.65. The molecule has 0 amide bonds. The van der Waals surface area contributed by atoms with Crippen molar-refractivity contribution in [3.63, 3.8) is 0 Å². The van der Waals surface area contributed by atoms with Crippen molar-refractivity contribution in [2.24, 2.45) is 40.4 Å². The van der Waals surface area contributed by atoms with Crippen LogP contribution in [0.3, 0.4) is 0 Å². The molecule has 5 heteroatoms. The van der Waals surface area contributed by atoms with Crippen LogP contribution in [0.5, 0.6) is 0 Å². The number of carbonyl (C=O) groups is 2. The molecule has 2 heterocycles. The number of piperidine rings is 1. The molecule has 184 valence electrons. The topological polar surface area (TPSA) is 70.8 Å². The number of rotatable bonds is 6. The minimum absolute atomic E-state index is 0.0398. The number of hydrogen-bond donors (Lipinski definition) is 1. The number of fused-ring (bicyclic) bond motifs is 2. The lowest BCUT2D eigenvalue weighted by Gasteiger charge is -2.57. The van der Waals surface area contributed by atoms with Crippen LogP contribution in [0.4, 0.5) is 0 Å². The van der Waals surface area contributed by atoms with E-state index in [0.717, 1.165) is 62.3 Å². The van der Waals surface area contributed by atoms with Gasteiger partial charge in [-0.25, -0.2) is 0 Å². The molecule has 5 nitrogen and oxygen atoms in total. The van der Waals surface area contributed by atoms with Gasteiger partial charge in [-0.15, -0.1) is 0 Å². The van der Waals surface area contributed by atoms with Gasteiger partial charge in [-0.2, -0.15) is 0 Å². The molecule has 1 N–H and O–H groups in total. The number of nitrogens with zero attached hydrogens (tertiary/aromatic N) is 1. The maximum absolute atomic E-state index is 13.6. The summed E-state index contributed by atoms with van der Waals surface area (Å²) in [7, 11) is 0. The molecule has 6 rings (SSSR count). The SMILES string of the molecule is CC(C)C1=CC2CC3(C=O)[C@@H]4CC[C@@H](C)[C@H]4CC2(c2ccc(CN4CCCCC4)o2)C13C(=O)O. The van der Waals surface area contributed by atoms with Crippen molar-refractivity contribution in [2.45, 2.75) is 77.7 Å². The average Bonchev–Trinajstić information content (AvgIpc) is 3.54. The summed E-state index contributed by atoms with van der Waals surface area (Å²) in [5.74, 6) is 2.10. The van der Waals surface area contributed by atoms with Gasteiger partial charge in [0.1, 0.15) is 23.2 Å². The summed E-state index contributed by atoms with van der Waals surface area (Å²) in [4.78, 5) is 29.2. The molecule has 0 radical (unpaired) electrons. The van der Waals surface area contributed by atoms with Crippen molar-refractivity contribution in [3.05, 3.63) is 35.3 Å². The van der Waals surface area contributed by atoms with Gasteiger partial charge < -0.3 is 14.3 Å². The number of likely N-dealkylation sites (tertiary alicyclic amines) is 1. The predicted octanol–water partition coefficient (Wildman–Crippen LogP) is 5.44. The normalized spacial score (nSPS) is 43.2. The summed E-state index contributed by atoms with van der Waals surface area (Å²) in [6.45, 7) is 9.47. The summed E-state index contributed by atoms with van der Waals surface area (Å²) in [5.41, 5.74) is -1.74. The van der Waals surface area contributed by atoms with Gasteiger partial charge in [0.05, 0.1) is 17.4 Å². The van der Waals surface area contributed by atoms with Crippen LogP contribution in [0.1, 0.15) is 77.2 Å². The Morgan fingerprint density at radius 3 is 2.65 bits per heavy atom. The molecule has 1 saturated heterocycles. The Hall–Kier alpha value is -1.88. The zero-order valence-electron chi connectivity index (χ0n) is 20.9. The molecule has 1 aromatic rings. The van der Waals surface area contributed by atoms with E-state index in [2.05, 4.69) is 43.9 Å². The first-order chi connectivity index (χ1) is 16.3. The van der Waals surface area contributed by atoms with Gasteiger partial charge in [-0.1, -0.05) is 45.3 Å². The second-order valence-electron chi connectivity index (χ2n) is 12.4. The Labute approximate surface area is 203 Å². The average molecular weight is 466 g/mol. The van der Waals surface area contributed by atoms with E-state index in [4.69, 9.17) is 4.42 Å². The smallest absolute Gasteiger partial charge is 0.315 e. The van der Waals surface area contributed by atoms with Crippen LogP contribution < -0.4 is 0 Å². The highest BCUT2D eigenvalue weighted by atomic mass is 16.4. The van der Waals surface area contributed by atoms with Crippen LogP contribution in [0.25, 0.3) is 0 Å². The molecule has 0 aromatic carbocycles. The highest BCUT2D eigenvalue weighted by Crippen LogP contribution is 2.82. The molecule has 3 saturated carbocycles. The van der Waals surface area contributed by atoms with E-state index in [1.807, 2.05) is 0 Å². The largest absolute Gasteiger partial charge is 0.481 e. The molecular formula is C29H39NO4. The van der Waals surface area contributed by atoms with Crippen LogP contribution in [-0.4, -0.2) is 35.4 Å². The molecule has 5 aliphatic rings. The van der Waals surface area contributed by atoms with E-state index in [1.54, 1.807) is 0 Å². The van der Waals surface area contributed by atoms with E-state index in [1.165, 1.54) is 19.3 Å². The van der Waals surface area contributed by atoms with Crippen LogP contribution in [0.2, 0.25) is 0 Å². The highest BCUT2D eigenvalue weighted by Gasteiger charge is 2.85. The molecule has 0 spiro atoms. The summed E-state index contributed by atoms with van der Waals surface area (Å²) in [6, 6.07) is 4.15. The van der Waals surface area contributed by atoms with Crippen molar-refractivity contribution in [1.29, 1.82) is 0 Å². The Bertz CT molecular complexity index is 1030. The summed E-state index contributed by atoms with van der Waals surface area (Å²) in [6.07, 6.45) is 10.6. The van der Waals surface area contributed by atoms with Crippen LogP contribution >= 0.6 is 0 Å². The summed E-state index contributed by atoms with van der Waals surface area (Å²) >= 11 is 0. The third-order valence-corrected chi connectivity index (χ3v) is 10.9. The van der Waals surface area contributed by atoms with Gasteiger partial charge in [0.2, 0.25) is 0 Å². The molecule has 4 aliphatic carbocycles. The van der Waals surface area contributed by atoms with Crippen molar-refractivity contribution < 1.29 is 19.1 Å². The molecule has 1 aromatic heterocycles. The third kappa shape index (κ3) is 2.50. The Kier molecular flexibility index (Phi) is 5.02. The standard InChI is InChI=1S/C29H39NO4/c1-18(2)24-13-20-14-27(17-31)23-9-7-19(3)22(23)15-28(20,29(24,27)26(32)33)25-10-8-21(34-25)16-30-11-5-4-6-12-30/h8,10,13,17-20,22-23H,4-7,9,11-12,14-16H2,1-3H3,(H,32,33)/t19-,20?,22-,23-,27?,28?,29?/m1/s1. The van der Waals surface area contributed by atoms with Gasteiger partial charge in [-0.3, -0.25) is 9.69 Å². The maximum Gasteiger partial charge on any atom is 0.315 e. The van der Waals surface area contributed by atoms with Crippen LogP contribution in [0.15, 0.2) is 28.2 Å². The number of carboxylic acids is 1. The van der Waals surface area contributed by atoms with Crippen LogP contribution in [0, 0.1) is 40.4 Å². The Balaban J connectivity index is 1.52. The van der Waals surface area contributed by atoms with Gasteiger partial charge in [-0.05, 0) is 86.9 Å². The Morgan fingerprint density at radius 1 is 1.21 bits per heavy atom. The number of carboxylic acid groups (broad SMARTS) is 1. The molecule has 7 atom stereocenters. The first kappa shape index (κ1) is 22.6. The van der Waals surface area contributed by atoms with Crippen molar-refractivity contribution >= 4 is 12.3 Å². The van der Waals surface area contributed by atoms with Crippen molar-refractivity contribution in [2.75, 3.05) is 13.1 Å². The Morgan fingerprint density at radius 2 is 1.97 bits per heavy atom. The van der Waals surface area contributed by atoms with Gasteiger partial charge in [0, 0.05) is 0 Å². The monoisotopic (exact) mass is 465 g/mol. The first-order valence-corrected chi connectivity index (χ1v) is 13.6. The zero-order chi connectivity index (χ0) is 23.9. The third-order valence-electron chi connectivity index (χ3n) is 10.9. The predicted molar refractivity (Wildman–Crippen MR) is 129 cm³/mol. The summed E-state index contributed by atoms with van der Waals surface area (Å²) in [5, 5.41) is 11.1. The zero-order valence-corrected chi connectivity index (χ0v) is 20.9. The fourth-order valence-electron chi connectivity index (χ4n) is 9.68. The van der Waals surface area contributed by atoms with E-state index in [-0.39, 0.29) is 17.8 Å². The van der Waals surface area contributed by atoms with Crippen molar-refractivity contribution in [1.82, 2.24) is 4.90 Å². The minimum Gasteiger partial charge on any atom is -0.481 e. The van der Waals surface area contributed by atoms with E-state index in [0.29, 0.717) is 18.3 Å². The molecule has 34 heavy (non-hydrogen) atoms. The number of furan rings is 1. The highest BCUT2D eigenvalue weighted by molar-refractivity contribution is 5.91. The van der Waals surface area contributed by atoms with Crippen molar-refractivity contribution in [3.8, 4) is 0 Å². The fourth-order valence-corrected chi connectivity index (χ4v) is 9.68. The molecule has 1 aliphatic heterocycles. The number of aliphatic carboxylic acids is 1. The second kappa shape index (κ2) is 7.56. The van der Waals surface area contributed by atoms with E-state index < -0.39 is 22.2 Å². The quantitative estimate of drug-likeness (QED) is 0.447. The number of hydrogen-bond acceptors (Lipinski definition) is 4. The molecule has 4 fully saturated rings. The fraction of sp³-hybridized carbons (Fsp3) is 0.724. The molecule has 4 unspecified atom stereocenters. The second-order valence-corrected chi connectivity index (χ2v) is 12.4. The number of allylic oxidation sites excluding steroid dienone is 1. The molecular weight excluding hydrogens is 426 g/mol. The van der Waals surface area contributed by atoms with Gasteiger partial charge in [0.15, 0.2) is 0 Å². The number of aldehydes is 1. The van der Waals surface area contributed by atoms with Gasteiger partial charge >= 0.3 is 5.97 Å². The van der Waals surface area contributed by atoms with E-state index >= 15 is 0 Å². The lowest BCUT2D eigenvalue weighted by molar-refractivity contribution is -0.173. The lowest BCUT2D eigenvalue weighted by atomic mass is 9.42. The number of carbonyl (C=O) groups excluding carboxylic acids is 1. The van der Waals surface area contributed by atoms with E-state index in [9.17, 15) is 14.7 Å². The van der Waals surface area contributed by atoms with Gasteiger partial charge in [0.25, 0.3) is 0 Å². The maximum atomic E-state index is 13.6. The molecule has 4 bridgehead atoms. The first-order valence-electron chi connectivity index (χ1n) is 13.6. The van der Waals surface area contributed by atoms with Crippen LogP contribution in [-0.2, 0) is 21.5 Å². The lowest BCUT2D eigenvalue weighted by Crippen LogP contribution is -2.64. The minimum atomic E-state index is -1.20.